The van der Waals surface area contributed by atoms with E-state index in [1.165, 1.54) is 0 Å². The predicted molar refractivity (Wildman–Crippen MR) is 73.9 cm³/mol. The summed E-state index contributed by atoms with van der Waals surface area (Å²) in [5, 5.41) is 0. The highest BCUT2D eigenvalue weighted by molar-refractivity contribution is 5.69. The van der Waals surface area contributed by atoms with E-state index in [-0.39, 0.29) is 0 Å². The molecule has 85 valence electrons. The van der Waals surface area contributed by atoms with Crippen molar-refractivity contribution in [3.8, 4) is 22.4 Å². The maximum absolute atomic E-state index is 4.38. The summed E-state index contributed by atoms with van der Waals surface area (Å²) in [7, 11) is 0. The lowest BCUT2D eigenvalue weighted by Crippen LogP contribution is -1.85. The lowest BCUT2D eigenvalue weighted by molar-refractivity contribution is 1.32. The summed E-state index contributed by atoms with van der Waals surface area (Å²) in [5.74, 6) is 0. The zero-order valence-electron chi connectivity index (χ0n) is 9.88. The van der Waals surface area contributed by atoms with Gasteiger partial charge in [-0.2, -0.15) is 0 Å². The van der Waals surface area contributed by atoms with Gasteiger partial charge in [-0.15, -0.1) is 0 Å². The van der Waals surface area contributed by atoms with Gasteiger partial charge in [-0.1, -0.05) is 60.7 Å². The van der Waals surface area contributed by atoms with Crippen LogP contribution in [0, 0.1) is 6.07 Å². The van der Waals surface area contributed by atoms with Gasteiger partial charge in [0.2, 0.25) is 0 Å². The van der Waals surface area contributed by atoms with Crippen LogP contribution in [0.4, 0.5) is 0 Å². The zero-order valence-corrected chi connectivity index (χ0v) is 9.88. The average Bonchev–Trinajstić information content (AvgIpc) is 2.49. The van der Waals surface area contributed by atoms with Crippen molar-refractivity contribution in [1.29, 1.82) is 0 Å². The fourth-order valence-electron chi connectivity index (χ4n) is 1.92. The SMILES string of the molecule is [c]1c(-c2ccccc2)ccnc1-c1ccccc1. The van der Waals surface area contributed by atoms with Gasteiger partial charge in [-0.25, -0.2) is 0 Å². The second-order valence-electron chi connectivity index (χ2n) is 4.06. The monoisotopic (exact) mass is 230 g/mol. The summed E-state index contributed by atoms with van der Waals surface area (Å²) in [5.41, 5.74) is 4.22. The van der Waals surface area contributed by atoms with Gasteiger partial charge >= 0.3 is 0 Å². The largest absolute Gasteiger partial charge is 0.256 e. The molecule has 0 spiro atoms. The number of rotatable bonds is 2. The zero-order chi connectivity index (χ0) is 12.2. The number of pyridine rings is 1. The van der Waals surface area contributed by atoms with E-state index in [1.54, 1.807) is 0 Å². The summed E-state index contributed by atoms with van der Waals surface area (Å²) in [6.07, 6.45) is 1.83. The van der Waals surface area contributed by atoms with Gasteiger partial charge in [0.15, 0.2) is 0 Å². The van der Waals surface area contributed by atoms with E-state index in [9.17, 15) is 0 Å². The van der Waals surface area contributed by atoms with Gasteiger partial charge in [-0.05, 0) is 17.2 Å². The van der Waals surface area contributed by atoms with Crippen molar-refractivity contribution in [2.45, 2.75) is 0 Å². The van der Waals surface area contributed by atoms with Crippen molar-refractivity contribution in [3.63, 3.8) is 0 Å². The maximum atomic E-state index is 4.38. The van der Waals surface area contributed by atoms with E-state index in [4.69, 9.17) is 0 Å². The topological polar surface area (TPSA) is 12.9 Å². The Bertz CT molecular complexity index is 575. The number of aromatic nitrogens is 1. The van der Waals surface area contributed by atoms with Crippen LogP contribution >= 0.6 is 0 Å². The Morgan fingerprint density at radius 1 is 0.667 bits per heavy atom. The minimum atomic E-state index is 0.886. The van der Waals surface area contributed by atoms with Gasteiger partial charge in [0.05, 0.1) is 5.69 Å². The van der Waals surface area contributed by atoms with Crippen molar-refractivity contribution in [3.05, 3.63) is 79.0 Å². The molecule has 0 atom stereocenters. The molecule has 0 saturated carbocycles. The van der Waals surface area contributed by atoms with E-state index in [2.05, 4.69) is 23.2 Å². The normalized spacial score (nSPS) is 10.2. The smallest absolute Gasteiger partial charge is 0.0787 e. The van der Waals surface area contributed by atoms with Gasteiger partial charge in [0.25, 0.3) is 0 Å². The molecule has 0 aliphatic rings. The number of benzene rings is 2. The molecule has 1 heteroatoms. The third-order valence-electron chi connectivity index (χ3n) is 2.83. The van der Waals surface area contributed by atoms with Crippen LogP contribution in [0.15, 0.2) is 72.9 Å². The van der Waals surface area contributed by atoms with Crippen LogP contribution in [0.2, 0.25) is 0 Å². The maximum Gasteiger partial charge on any atom is 0.0787 e. The Labute approximate surface area is 107 Å². The molecule has 0 amide bonds. The molecule has 3 aromatic rings. The molecule has 0 unspecified atom stereocenters. The first-order valence-electron chi connectivity index (χ1n) is 5.93. The molecule has 3 rings (SSSR count). The van der Waals surface area contributed by atoms with Gasteiger partial charge in [0, 0.05) is 17.8 Å². The third-order valence-corrected chi connectivity index (χ3v) is 2.83. The number of hydrogen-bond acceptors (Lipinski definition) is 1. The van der Waals surface area contributed by atoms with E-state index < -0.39 is 0 Å². The summed E-state index contributed by atoms with van der Waals surface area (Å²) in [6, 6.07) is 25.7. The van der Waals surface area contributed by atoms with E-state index in [0.29, 0.717) is 0 Å². The van der Waals surface area contributed by atoms with E-state index >= 15 is 0 Å². The van der Waals surface area contributed by atoms with Gasteiger partial charge in [-0.3, -0.25) is 4.98 Å². The molecule has 0 saturated heterocycles. The number of hydrogen-bond donors (Lipinski definition) is 0. The Morgan fingerprint density at radius 3 is 1.94 bits per heavy atom. The summed E-state index contributed by atoms with van der Waals surface area (Å²) in [4.78, 5) is 4.38. The third kappa shape index (κ3) is 2.16. The van der Waals surface area contributed by atoms with Gasteiger partial charge < -0.3 is 0 Å². The van der Waals surface area contributed by atoms with Crippen molar-refractivity contribution in [2.75, 3.05) is 0 Å². The average molecular weight is 230 g/mol. The summed E-state index contributed by atoms with van der Waals surface area (Å²) in [6.45, 7) is 0. The van der Waals surface area contributed by atoms with Crippen molar-refractivity contribution in [1.82, 2.24) is 4.98 Å². The van der Waals surface area contributed by atoms with Gasteiger partial charge in [0.1, 0.15) is 0 Å². The molecule has 0 aliphatic heterocycles. The van der Waals surface area contributed by atoms with Crippen LogP contribution in [0.1, 0.15) is 0 Å². The van der Waals surface area contributed by atoms with E-state index in [1.807, 2.05) is 60.8 Å². The van der Waals surface area contributed by atoms with Crippen LogP contribution in [0.3, 0.4) is 0 Å². The molecule has 1 aromatic heterocycles. The lowest BCUT2D eigenvalue weighted by atomic mass is 10.0. The molecule has 0 aliphatic carbocycles. The molecular formula is C17H12N. The van der Waals surface area contributed by atoms with E-state index in [0.717, 1.165) is 22.4 Å². The standard InChI is InChI=1S/C17H12N/c1-3-7-14(8-4-1)16-11-12-18-17(13-16)15-9-5-2-6-10-15/h1-12H. The molecule has 0 bridgehead atoms. The second kappa shape index (κ2) is 4.84. The molecule has 1 radical (unpaired) electrons. The Kier molecular flexibility index (Phi) is 2.89. The first-order valence-corrected chi connectivity index (χ1v) is 5.93. The van der Waals surface area contributed by atoms with Crippen LogP contribution in [-0.2, 0) is 0 Å². The first-order chi connectivity index (χ1) is 8.93. The minimum absolute atomic E-state index is 0.886. The molecule has 1 heterocycles. The highest BCUT2D eigenvalue weighted by Gasteiger charge is 2.02. The van der Waals surface area contributed by atoms with Crippen LogP contribution < -0.4 is 0 Å². The van der Waals surface area contributed by atoms with Crippen molar-refractivity contribution in [2.24, 2.45) is 0 Å². The highest BCUT2D eigenvalue weighted by atomic mass is 14.7. The minimum Gasteiger partial charge on any atom is -0.256 e. The Morgan fingerprint density at radius 2 is 1.28 bits per heavy atom. The van der Waals surface area contributed by atoms with Crippen LogP contribution in [0.5, 0.6) is 0 Å². The molecule has 2 aromatic carbocycles. The molecular weight excluding hydrogens is 218 g/mol. The molecule has 0 fully saturated rings. The highest BCUT2D eigenvalue weighted by Crippen LogP contribution is 2.23. The van der Waals surface area contributed by atoms with Crippen LogP contribution in [0.25, 0.3) is 22.4 Å². The fraction of sp³-hybridized carbons (Fsp3) is 0. The number of nitrogens with zero attached hydrogens (tertiary/aromatic N) is 1. The predicted octanol–water partition coefficient (Wildman–Crippen LogP) is 4.22. The molecule has 0 N–H and O–H groups in total. The Hall–Kier alpha value is -2.41. The molecule has 18 heavy (non-hydrogen) atoms. The fourth-order valence-corrected chi connectivity index (χ4v) is 1.92. The lowest BCUT2D eigenvalue weighted by Gasteiger charge is -2.04. The Balaban J connectivity index is 2.05. The summed E-state index contributed by atoms with van der Waals surface area (Å²) < 4.78 is 0. The quantitative estimate of drug-likeness (QED) is 0.642. The van der Waals surface area contributed by atoms with Crippen molar-refractivity contribution < 1.29 is 0 Å². The second-order valence-corrected chi connectivity index (χ2v) is 4.06. The van der Waals surface area contributed by atoms with Crippen molar-refractivity contribution >= 4 is 0 Å². The van der Waals surface area contributed by atoms with Crippen LogP contribution in [-0.4, -0.2) is 4.98 Å². The summed E-state index contributed by atoms with van der Waals surface area (Å²) >= 11 is 0. The first kappa shape index (κ1) is 10.7. The molecule has 1 nitrogen and oxygen atoms in total.